The van der Waals surface area contributed by atoms with Crippen molar-refractivity contribution in [2.75, 3.05) is 19.7 Å². The van der Waals surface area contributed by atoms with E-state index in [9.17, 15) is 18.4 Å². The van der Waals surface area contributed by atoms with Crippen molar-refractivity contribution in [1.29, 1.82) is 5.26 Å². The molecule has 8 rings (SSSR count). The van der Waals surface area contributed by atoms with Crippen LogP contribution in [-0.4, -0.2) is 55.4 Å². The number of benzene rings is 3. The van der Waals surface area contributed by atoms with E-state index in [1.165, 1.54) is 0 Å². The van der Waals surface area contributed by atoms with Crippen LogP contribution in [0.1, 0.15) is 60.4 Å². The van der Waals surface area contributed by atoms with Gasteiger partial charge in [0.25, 0.3) is 5.79 Å². The monoisotopic (exact) mass is 655 g/mol. The number of hydrogen-bond donors (Lipinski definition) is 1. The SMILES string of the molecule is CC1(c2ccc(C#N)cc2)Oc2cccc(C3CCN(Cc4nc5cc(-c6nnc(C(F)(F)F)[nH]6)ccc5n4CC4CCO4)CC3)c2O1. The molecule has 1 N–H and O–H groups in total. The number of halogens is 3. The van der Waals surface area contributed by atoms with Crippen LogP contribution in [0.15, 0.2) is 60.7 Å². The minimum Gasteiger partial charge on any atom is -0.445 e. The lowest BCUT2D eigenvalue weighted by Gasteiger charge is -2.33. The summed E-state index contributed by atoms with van der Waals surface area (Å²) in [5, 5.41) is 16.2. The molecule has 0 radical (unpaired) electrons. The first-order valence-electron chi connectivity index (χ1n) is 16.0. The quantitative estimate of drug-likeness (QED) is 0.211. The van der Waals surface area contributed by atoms with Crippen molar-refractivity contribution in [1.82, 2.24) is 29.6 Å². The number of imidazole rings is 1. The van der Waals surface area contributed by atoms with E-state index < -0.39 is 17.8 Å². The van der Waals surface area contributed by atoms with Crippen LogP contribution in [0.4, 0.5) is 13.2 Å². The van der Waals surface area contributed by atoms with E-state index in [4.69, 9.17) is 19.2 Å². The Morgan fingerprint density at radius 2 is 1.81 bits per heavy atom. The molecular formula is C35H32F3N7O3. The second-order valence-electron chi connectivity index (χ2n) is 12.7. The summed E-state index contributed by atoms with van der Waals surface area (Å²) in [5.41, 5.74) is 4.62. The molecule has 0 aliphatic carbocycles. The molecule has 246 valence electrons. The van der Waals surface area contributed by atoms with Crippen molar-refractivity contribution in [3.05, 3.63) is 89.0 Å². The molecule has 5 heterocycles. The number of piperidine rings is 1. The van der Waals surface area contributed by atoms with Crippen molar-refractivity contribution in [3.63, 3.8) is 0 Å². The van der Waals surface area contributed by atoms with Gasteiger partial charge in [0.05, 0.1) is 41.9 Å². The summed E-state index contributed by atoms with van der Waals surface area (Å²) in [7, 11) is 0. The summed E-state index contributed by atoms with van der Waals surface area (Å²) >= 11 is 0. The van der Waals surface area contributed by atoms with Gasteiger partial charge in [0, 0.05) is 30.2 Å². The second kappa shape index (κ2) is 11.6. The lowest BCUT2D eigenvalue weighted by Crippen LogP contribution is -2.35. The van der Waals surface area contributed by atoms with E-state index in [2.05, 4.69) is 36.8 Å². The van der Waals surface area contributed by atoms with Gasteiger partial charge >= 0.3 is 6.18 Å². The molecule has 0 spiro atoms. The van der Waals surface area contributed by atoms with E-state index in [0.29, 0.717) is 35.5 Å². The van der Waals surface area contributed by atoms with Gasteiger partial charge in [0.1, 0.15) is 5.82 Å². The maximum Gasteiger partial charge on any atom is 0.451 e. The van der Waals surface area contributed by atoms with Gasteiger partial charge in [-0.3, -0.25) is 4.90 Å². The summed E-state index contributed by atoms with van der Waals surface area (Å²) in [5.74, 6) is 0.599. The zero-order valence-corrected chi connectivity index (χ0v) is 26.1. The average molecular weight is 656 g/mol. The highest BCUT2D eigenvalue weighted by molar-refractivity contribution is 5.81. The number of nitriles is 1. The van der Waals surface area contributed by atoms with Crippen LogP contribution in [0.25, 0.3) is 22.4 Å². The van der Waals surface area contributed by atoms with Crippen molar-refractivity contribution in [3.8, 4) is 29.0 Å². The molecule has 2 fully saturated rings. The number of nitrogens with one attached hydrogen (secondary N) is 1. The number of rotatable bonds is 7. The van der Waals surface area contributed by atoms with Crippen LogP contribution in [-0.2, 0) is 29.8 Å². The molecule has 3 aliphatic heterocycles. The first kappa shape index (κ1) is 30.4. The van der Waals surface area contributed by atoms with Gasteiger partial charge in [-0.1, -0.05) is 12.1 Å². The molecule has 0 saturated carbocycles. The maximum atomic E-state index is 13.1. The summed E-state index contributed by atoms with van der Waals surface area (Å²) in [6.45, 7) is 5.64. The van der Waals surface area contributed by atoms with Crippen LogP contribution in [0.2, 0.25) is 0 Å². The molecule has 3 aromatic carbocycles. The molecule has 0 amide bonds. The first-order chi connectivity index (χ1) is 23.2. The average Bonchev–Trinajstić information content (AvgIpc) is 3.78. The number of hydrogen-bond acceptors (Lipinski definition) is 8. The third kappa shape index (κ3) is 5.54. The molecule has 0 bridgehead atoms. The number of ether oxygens (including phenoxy) is 3. The van der Waals surface area contributed by atoms with Crippen molar-refractivity contribution < 1.29 is 27.4 Å². The van der Waals surface area contributed by atoms with Crippen LogP contribution < -0.4 is 9.47 Å². The van der Waals surface area contributed by atoms with Gasteiger partial charge < -0.3 is 23.8 Å². The number of nitrogens with zero attached hydrogens (tertiary/aromatic N) is 6. The van der Waals surface area contributed by atoms with Gasteiger partial charge in [-0.25, -0.2) is 4.98 Å². The van der Waals surface area contributed by atoms with Crippen LogP contribution in [0.3, 0.4) is 0 Å². The number of fused-ring (bicyclic) bond motifs is 2. The zero-order chi connectivity index (χ0) is 33.0. The topological polar surface area (TPSA) is 114 Å². The van der Waals surface area contributed by atoms with Gasteiger partial charge in [0.15, 0.2) is 17.3 Å². The van der Waals surface area contributed by atoms with Crippen LogP contribution in [0, 0.1) is 11.3 Å². The number of para-hydroxylation sites is 1. The van der Waals surface area contributed by atoms with Gasteiger partial charge in [0.2, 0.25) is 5.82 Å². The lowest BCUT2D eigenvalue weighted by atomic mass is 9.88. The Bertz CT molecular complexity index is 2020. The van der Waals surface area contributed by atoms with E-state index >= 15 is 0 Å². The molecule has 5 aromatic rings. The molecule has 13 heteroatoms. The van der Waals surface area contributed by atoms with Crippen molar-refractivity contribution >= 4 is 11.0 Å². The van der Waals surface area contributed by atoms with Gasteiger partial charge in [-0.05, 0) is 86.8 Å². The molecule has 3 aliphatic rings. The number of likely N-dealkylation sites (tertiary alicyclic amines) is 1. The number of aromatic amines is 1. The zero-order valence-electron chi connectivity index (χ0n) is 26.1. The Hall–Kier alpha value is -4.93. The summed E-state index contributed by atoms with van der Waals surface area (Å²) in [6.07, 6.45) is -1.67. The minimum absolute atomic E-state index is 0.0451. The predicted molar refractivity (Wildman–Crippen MR) is 168 cm³/mol. The van der Waals surface area contributed by atoms with Crippen LogP contribution in [0.5, 0.6) is 11.5 Å². The first-order valence-corrected chi connectivity index (χ1v) is 16.0. The van der Waals surface area contributed by atoms with Crippen molar-refractivity contribution in [2.45, 2.75) is 63.3 Å². The highest BCUT2D eigenvalue weighted by atomic mass is 19.4. The Balaban J connectivity index is 0.992. The summed E-state index contributed by atoms with van der Waals surface area (Å²) < 4.78 is 60.1. The summed E-state index contributed by atoms with van der Waals surface area (Å²) in [4.78, 5) is 9.64. The largest absolute Gasteiger partial charge is 0.451 e. The molecule has 48 heavy (non-hydrogen) atoms. The Labute approximate surface area is 274 Å². The van der Waals surface area contributed by atoms with Gasteiger partial charge in [-0.2, -0.15) is 18.4 Å². The number of aromatic nitrogens is 5. The molecule has 2 atom stereocenters. The number of H-pyrrole nitrogens is 1. The van der Waals surface area contributed by atoms with Crippen molar-refractivity contribution in [2.24, 2.45) is 0 Å². The predicted octanol–water partition coefficient (Wildman–Crippen LogP) is 6.52. The molecule has 10 nitrogen and oxygen atoms in total. The fourth-order valence-corrected chi connectivity index (χ4v) is 6.84. The molecule has 2 aromatic heterocycles. The smallest absolute Gasteiger partial charge is 0.445 e. The third-order valence-corrected chi connectivity index (χ3v) is 9.58. The maximum absolute atomic E-state index is 13.1. The Kier molecular flexibility index (Phi) is 7.38. The normalized spacial score (nSPS) is 21.4. The number of alkyl halides is 3. The van der Waals surface area contributed by atoms with Gasteiger partial charge in [-0.15, -0.1) is 10.2 Å². The lowest BCUT2D eigenvalue weighted by molar-refractivity contribution is -0.144. The molecule has 2 saturated heterocycles. The van der Waals surface area contributed by atoms with E-state index in [1.54, 1.807) is 24.3 Å². The minimum atomic E-state index is -4.60. The highest BCUT2D eigenvalue weighted by Gasteiger charge is 2.41. The van der Waals surface area contributed by atoms with E-state index in [0.717, 1.165) is 67.2 Å². The Morgan fingerprint density at radius 3 is 2.50 bits per heavy atom. The second-order valence-corrected chi connectivity index (χ2v) is 12.7. The Morgan fingerprint density at radius 1 is 1.02 bits per heavy atom. The molecular weight excluding hydrogens is 623 g/mol. The third-order valence-electron chi connectivity index (χ3n) is 9.58. The van der Waals surface area contributed by atoms with E-state index in [1.807, 2.05) is 37.3 Å². The highest BCUT2D eigenvalue weighted by Crippen LogP contribution is 2.49. The van der Waals surface area contributed by atoms with Crippen LogP contribution >= 0.6 is 0 Å². The summed E-state index contributed by atoms with van der Waals surface area (Å²) in [6, 6.07) is 20.9. The molecule has 2 unspecified atom stereocenters. The fourth-order valence-electron chi connectivity index (χ4n) is 6.84. The van der Waals surface area contributed by atoms with E-state index in [-0.39, 0.29) is 17.8 Å². The standard InChI is InChI=1S/C35H32F3N7O3/c1-34(24-8-5-21(18-39)6-9-24)47-29-4-2-3-26(31(29)48-34)22-11-14-44(15-12-22)20-30-40-27-17-23(32-41-33(43-42-32)35(36,37)38)7-10-28(27)45(30)19-25-13-16-46-25/h2-10,17,22,25H,11-16,19-20H2,1H3,(H,41,42,43). The fraction of sp³-hybridized carbons (Fsp3) is 0.371.